The standard InChI is InChI=1S/C23H29FN4O2/c1-15(29)27-10-8-16(9-11-27)22(30)26-20-12-23(2,3)13-21-19(20)14-25-28(21)18-6-4-17(24)5-7-18/h4-7,14,16,20H,8-13H2,1-3H3,(H,26,30)/t20-/m1/s1. The number of halogens is 1. The van der Waals surface area contributed by atoms with E-state index in [-0.39, 0.29) is 35.0 Å². The zero-order valence-corrected chi connectivity index (χ0v) is 17.8. The van der Waals surface area contributed by atoms with Crippen LogP contribution in [-0.4, -0.2) is 39.6 Å². The minimum Gasteiger partial charge on any atom is -0.349 e. The average molecular weight is 413 g/mol. The molecule has 1 aromatic carbocycles. The second-order valence-corrected chi connectivity index (χ2v) is 9.32. The fourth-order valence-electron chi connectivity index (χ4n) is 4.72. The van der Waals surface area contributed by atoms with Gasteiger partial charge in [-0.2, -0.15) is 5.10 Å². The predicted octanol–water partition coefficient (Wildman–Crippen LogP) is 3.40. The molecule has 0 unspecified atom stereocenters. The number of rotatable bonds is 3. The van der Waals surface area contributed by atoms with E-state index in [0.29, 0.717) is 25.9 Å². The summed E-state index contributed by atoms with van der Waals surface area (Å²) in [6.45, 7) is 7.24. The van der Waals surface area contributed by atoms with Gasteiger partial charge in [0.05, 0.1) is 23.6 Å². The van der Waals surface area contributed by atoms with Crippen molar-refractivity contribution in [1.82, 2.24) is 20.0 Å². The Kier molecular flexibility index (Phi) is 5.38. The summed E-state index contributed by atoms with van der Waals surface area (Å²) in [6, 6.07) is 6.21. The van der Waals surface area contributed by atoms with E-state index >= 15 is 0 Å². The van der Waals surface area contributed by atoms with Gasteiger partial charge in [0.25, 0.3) is 0 Å². The highest BCUT2D eigenvalue weighted by Crippen LogP contribution is 2.41. The summed E-state index contributed by atoms with van der Waals surface area (Å²) in [5.41, 5.74) is 2.92. The van der Waals surface area contributed by atoms with Gasteiger partial charge in [0.15, 0.2) is 0 Å². The molecule has 30 heavy (non-hydrogen) atoms. The zero-order chi connectivity index (χ0) is 21.5. The Balaban J connectivity index is 1.53. The monoisotopic (exact) mass is 412 g/mol. The van der Waals surface area contributed by atoms with Crippen LogP contribution >= 0.6 is 0 Å². The Morgan fingerprint density at radius 3 is 2.47 bits per heavy atom. The number of likely N-dealkylation sites (tertiary alicyclic amines) is 1. The number of hydrogen-bond acceptors (Lipinski definition) is 3. The van der Waals surface area contributed by atoms with E-state index in [4.69, 9.17) is 0 Å². The number of carbonyl (C=O) groups excluding carboxylic acids is 2. The summed E-state index contributed by atoms with van der Waals surface area (Å²) in [7, 11) is 0. The molecule has 2 aromatic rings. The number of carbonyl (C=O) groups is 2. The van der Waals surface area contributed by atoms with Crippen LogP contribution < -0.4 is 5.32 Å². The molecule has 1 aliphatic heterocycles. The highest BCUT2D eigenvalue weighted by molar-refractivity contribution is 5.80. The highest BCUT2D eigenvalue weighted by atomic mass is 19.1. The molecule has 1 aliphatic carbocycles. The van der Waals surface area contributed by atoms with Gasteiger partial charge < -0.3 is 10.2 Å². The van der Waals surface area contributed by atoms with Crippen molar-refractivity contribution in [3.8, 4) is 5.69 Å². The van der Waals surface area contributed by atoms with Gasteiger partial charge in [0, 0.05) is 31.5 Å². The summed E-state index contributed by atoms with van der Waals surface area (Å²) in [5, 5.41) is 7.82. The molecule has 6 nitrogen and oxygen atoms in total. The third-order valence-electron chi connectivity index (χ3n) is 6.38. The number of fused-ring (bicyclic) bond motifs is 1. The predicted molar refractivity (Wildman–Crippen MR) is 111 cm³/mol. The van der Waals surface area contributed by atoms with Gasteiger partial charge in [0.1, 0.15) is 5.82 Å². The van der Waals surface area contributed by atoms with Crippen molar-refractivity contribution >= 4 is 11.8 Å². The van der Waals surface area contributed by atoms with Crippen molar-refractivity contribution in [3.05, 3.63) is 47.5 Å². The molecule has 1 atom stereocenters. The van der Waals surface area contributed by atoms with Gasteiger partial charge in [-0.15, -0.1) is 0 Å². The third-order valence-corrected chi connectivity index (χ3v) is 6.38. The zero-order valence-electron chi connectivity index (χ0n) is 17.8. The van der Waals surface area contributed by atoms with Gasteiger partial charge in [-0.25, -0.2) is 9.07 Å². The second-order valence-electron chi connectivity index (χ2n) is 9.32. The SMILES string of the molecule is CC(=O)N1CCC(C(=O)N[C@@H]2CC(C)(C)Cc3c2cnn3-c2ccc(F)cc2)CC1. The normalized spacial score (nSPS) is 21.2. The Morgan fingerprint density at radius 2 is 1.83 bits per heavy atom. The van der Waals surface area contributed by atoms with Crippen LogP contribution in [0.5, 0.6) is 0 Å². The van der Waals surface area contributed by atoms with Crippen molar-refractivity contribution in [2.45, 2.75) is 52.5 Å². The molecule has 1 fully saturated rings. The van der Waals surface area contributed by atoms with Crippen LogP contribution in [0.1, 0.15) is 57.3 Å². The van der Waals surface area contributed by atoms with Crippen LogP contribution in [0.15, 0.2) is 30.5 Å². The summed E-state index contributed by atoms with van der Waals surface area (Å²) < 4.78 is 15.2. The maximum Gasteiger partial charge on any atom is 0.223 e. The molecule has 0 saturated carbocycles. The molecule has 0 bridgehead atoms. The summed E-state index contributed by atoms with van der Waals surface area (Å²) >= 11 is 0. The van der Waals surface area contributed by atoms with Crippen molar-refractivity contribution < 1.29 is 14.0 Å². The average Bonchev–Trinajstić information content (AvgIpc) is 3.11. The number of hydrogen-bond donors (Lipinski definition) is 1. The molecule has 0 radical (unpaired) electrons. The van der Waals surface area contributed by atoms with E-state index in [9.17, 15) is 14.0 Å². The number of piperidine rings is 1. The Labute approximate surface area is 176 Å². The van der Waals surface area contributed by atoms with Gasteiger partial charge in [-0.05, 0) is 55.4 Å². The first kappa shape index (κ1) is 20.6. The lowest BCUT2D eigenvalue weighted by atomic mass is 9.74. The lowest BCUT2D eigenvalue weighted by molar-refractivity contribution is -0.134. The fraction of sp³-hybridized carbons (Fsp3) is 0.522. The van der Waals surface area contributed by atoms with Crippen LogP contribution in [0, 0.1) is 17.2 Å². The largest absolute Gasteiger partial charge is 0.349 e. The molecule has 4 rings (SSSR count). The smallest absolute Gasteiger partial charge is 0.223 e. The number of amides is 2. The van der Waals surface area contributed by atoms with Crippen molar-refractivity contribution in [3.63, 3.8) is 0 Å². The quantitative estimate of drug-likeness (QED) is 0.840. The Morgan fingerprint density at radius 1 is 1.17 bits per heavy atom. The second kappa shape index (κ2) is 7.85. The topological polar surface area (TPSA) is 67.2 Å². The fourth-order valence-corrected chi connectivity index (χ4v) is 4.72. The van der Waals surface area contributed by atoms with Crippen molar-refractivity contribution in [2.75, 3.05) is 13.1 Å². The Bertz CT molecular complexity index is 943. The number of nitrogens with zero attached hydrogens (tertiary/aromatic N) is 3. The molecule has 160 valence electrons. The molecular formula is C23H29FN4O2. The lowest BCUT2D eigenvalue weighted by Gasteiger charge is -2.37. The molecular weight excluding hydrogens is 383 g/mol. The van der Waals surface area contributed by atoms with Crippen molar-refractivity contribution in [1.29, 1.82) is 0 Å². The number of aromatic nitrogens is 2. The Hall–Kier alpha value is -2.70. The third kappa shape index (κ3) is 4.11. The van der Waals surface area contributed by atoms with E-state index in [1.54, 1.807) is 24.0 Å². The summed E-state index contributed by atoms with van der Waals surface area (Å²) in [4.78, 5) is 26.3. The molecule has 2 amide bonds. The first-order valence-electron chi connectivity index (χ1n) is 10.6. The van der Waals surface area contributed by atoms with Crippen LogP contribution in [0.4, 0.5) is 4.39 Å². The first-order chi connectivity index (χ1) is 14.2. The molecule has 7 heteroatoms. The van der Waals surface area contributed by atoms with Gasteiger partial charge in [-0.1, -0.05) is 13.8 Å². The van der Waals surface area contributed by atoms with E-state index in [1.807, 2.05) is 10.9 Å². The van der Waals surface area contributed by atoms with E-state index in [0.717, 1.165) is 29.8 Å². The minimum absolute atomic E-state index is 0.000748. The van der Waals surface area contributed by atoms with E-state index in [2.05, 4.69) is 24.3 Å². The van der Waals surface area contributed by atoms with Gasteiger partial charge in [-0.3, -0.25) is 9.59 Å². The minimum atomic E-state index is -0.277. The molecule has 1 N–H and O–H groups in total. The molecule has 2 aliphatic rings. The summed E-state index contributed by atoms with van der Waals surface area (Å²) in [5.74, 6) is -0.218. The molecule has 1 aromatic heterocycles. The number of nitrogens with one attached hydrogen (secondary N) is 1. The van der Waals surface area contributed by atoms with Gasteiger partial charge in [0.2, 0.25) is 11.8 Å². The molecule has 0 spiro atoms. The molecule has 2 heterocycles. The van der Waals surface area contributed by atoms with Gasteiger partial charge >= 0.3 is 0 Å². The maximum absolute atomic E-state index is 13.3. The van der Waals surface area contributed by atoms with E-state index < -0.39 is 0 Å². The van der Waals surface area contributed by atoms with Crippen LogP contribution in [0.25, 0.3) is 5.69 Å². The van der Waals surface area contributed by atoms with Crippen LogP contribution in [0.2, 0.25) is 0 Å². The van der Waals surface area contributed by atoms with Crippen LogP contribution in [-0.2, 0) is 16.0 Å². The lowest BCUT2D eigenvalue weighted by Crippen LogP contribution is -2.44. The van der Waals surface area contributed by atoms with E-state index in [1.165, 1.54) is 12.1 Å². The summed E-state index contributed by atoms with van der Waals surface area (Å²) in [6.07, 6.45) is 4.90. The van der Waals surface area contributed by atoms with Crippen LogP contribution in [0.3, 0.4) is 0 Å². The molecule has 1 saturated heterocycles. The first-order valence-corrected chi connectivity index (χ1v) is 10.6. The maximum atomic E-state index is 13.3. The van der Waals surface area contributed by atoms with Crippen molar-refractivity contribution in [2.24, 2.45) is 11.3 Å². The number of benzene rings is 1. The highest BCUT2D eigenvalue weighted by Gasteiger charge is 2.37.